The van der Waals surface area contributed by atoms with Crippen LogP contribution < -0.4 is 0 Å². The fourth-order valence-corrected chi connectivity index (χ4v) is 6.62. The Labute approximate surface area is 266 Å². The normalized spacial score (nSPS) is 12.0. The molecule has 2 N–H and O–H groups in total. The van der Waals surface area contributed by atoms with Gasteiger partial charge in [-0.25, -0.2) is 12.8 Å². The van der Waals surface area contributed by atoms with Gasteiger partial charge in [-0.3, -0.25) is 9.59 Å². The number of carbonyl (C=O) groups excluding carboxylic acids is 1. The number of carboxylic acids is 1. The summed E-state index contributed by atoms with van der Waals surface area (Å²) in [4.78, 5) is 25.9. The maximum absolute atomic E-state index is 14.9. The number of carboxylic acid groups (broad SMARTS) is 1. The van der Waals surface area contributed by atoms with Crippen molar-refractivity contribution < 1.29 is 50.2 Å². The number of aliphatic hydroxyl groups excluding tert-OH is 1. The maximum atomic E-state index is 14.9. The molecule has 0 atom stereocenters. The monoisotopic (exact) mass is 669 g/mol. The van der Waals surface area contributed by atoms with E-state index in [0.29, 0.717) is 27.6 Å². The molecule has 0 fully saturated rings. The number of sulfone groups is 1. The zero-order valence-corrected chi connectivity index (χ0v) is 25.5. The van der Waals surface area contributed by atoms with Crippen LogP contribution in [0.15, 0.2) is 94.2 Å². The first kappa shape index (κ1) is 33.4. The Hall–Kier alpha value is -5.01. The zero-order chi connectivity index (χ0) is 34.1. The molecule has 1 aromatic heterocycles. The van der Waals surface area contributed by atoms with Gasteiger partial charge in [0.05, 0.1) is 23.6 Å². The van der Waals surface area contributed by atoms with Crippen molar-refractivity contribution in [3.8, 4) is 11.1 Å². The molecular formula is C34H27F4NO7S. The van der Waals surface area contributed by atoms with Crippen molar-refractivity contribution in [2.24, 2.45) is 0 Å². The van der Waals surface area contributed by atoms with Crippen LogP contribution in [0.4, 0.5) is 17.6 Å². The lowest BCUT2D eigenvalue weighted by molar-refractivity contribution is -0.153. The molecule has 0 aliphatic heterocycles. The van der Waals surface area contributed by atoms with Crippen LogP contribution in [0, 0.1) is 12.7 Å². The van der Waals surface area contributed by atoms with Gasteiger partial charge in [0.25, 0.3) is 5.91 Å². The van der Waals surface area contributed by atoms with Crippen molar-refractivity contribution in [3.63, 3.8) is 0 Å². The fourth-order valence-electron chi connectivity index (χ4n) is 5.30. The Kier molecular flexibility index (Phi) is 9.23. The first-order valence-corrected chi connectivity index (χ1v) is 15.7. The smallest absolute Gasteiger partial charge is 0.449 e. The number of hydrogen-bond acceptors (Lipinski definition) is 6. The van der Waals surface area contributed by atoms with Gasteiger partial charge in [0.2, 0.25) is 5.76 Å². The molecule has 0 radical (unpaired) electrons. The Bertz CT molecular complexity index is 2090. The van der Waals surface area contributed by atoms with Gasteiger partial charge in [0.15, 0.2) is 15.6 Å². The molecule has 244 valence electrons. The van der Waals surface area contributed by atoms with Gasteiger partial charge < -0.3 is 19.5 Å². The van der Waals surface area contributed by atoms with Crippen molar-refractivity contribution in [3.05, 3.63) is 125 Å². The third-order valence-corrected chi connectivity index (χ3v) is 9.21. The second-order valence-corrected chi connectivity index (χ2v) is 12.8. The van der Waals surface area contributed by atoms with Gasteiger partial charge in [0, 0.05) is 12.1 Å². The van der Waals surface area contributed by atoms with Crippen LogP contribution in [0.2, 0.25) is 0 Å². The second-order valence-electron chi connectivity index (χ2n) is 10.8. The van der Waals surface area contributed by atoms with E-state index in [9.17, 15) is 40.7 Å². The number of amides is 1. The summed E-state index contributed by atoms with van der Waals surface area (Å²) >= 11 is 0. The highest BCUT2D eigenvalue weighted by molar-refractivity contribution is 7.92. The third-order valence-electron chi connectivity index (χ3n) is 7.55. The van der Waals surface area contributed by atoms with Crippen LogP contribution in [0.25, 0.3) is 21.9 Å². The number of halogens is 4. The summed E-state index contributed by atoms with van der Waals surface area (Å²) in [5, 5.41) is 20.1. The van der Waals surface area contributed by atoms with Crippen molar-refractivity contribution in [1.29, 1.82) is 0 Å². The van der Waals surface area contributed by atoms with Crippen molar-refractivity contribution in [2.45, 2.75) is 37.7 Å². The van der Waals surface area contributed by atoms with E-state index in [1.165, 1.54) is 17.0 Å². The van der Waals surface area contributed by atoms with Crippen molar-refractivity contribution in [1.82, 2.24) is 4.90 Å². The number of hydrogen-bond donors (Lipinski definition) is 2. The fraction of sp³-hybridized carbons (Fsp3) is 0.176. The van der Waals surface area contributed by atoms with E-state index in [-0.39, 0.29) is 24.4 Å². The number of rotatable bonds is 10. The highest BCUT2D eigenvalue weighted by atomic mass is 32.2. The molecule has 0 aliphatic rings. The average Bonchev–Trinajstić information content (AvgIpc) is 3.49. The predicted octanol–water partition coefficient (Wildman–Crippen LogP) is 6.76. The summed E-state index contributed by atoms with van der Waals surface area (Å²) in [5.41, 5.74) is 1.44. The van der Waals surface area contributed by atoms with E-state index in [1.807, 2.05) is 18.2 Å². The first-order valence-electron chi connectivity index (χ1n) is 14.1. The van der Waals surface area contributed by atoms with Crippen LogP contribution in [0.5, 0.6) is 0 Å². The number of aryl methyl sites for hydroxylation is 1. The number of aliphatic hydroxyl groups is 1. The zero-order valence-electron chi connectivity index (χ0n) is 24.7. The van der Waals surface area contributed by atoms with Crippen LogP contribution in [-0.4, -0.2) is 41.2 Å². The molecule has 8 nitrogen and oxygen atoms in total. The lowest BCUT2D eigenvalue weighted by Crippen LogP contribution is -2.30. The highest BCUT2D eigenvalue weighted by Crippen LogP contribution is 2.33. The van der Waals surface area contributed by atoms with Crippen LogP contribution in [-0.2, 0) is 40.5 Å². The summed E-state index contributed by atoms with van der Waals surface area (Å²) in [6, 6.07) is 21.1. The quantitative estimate of drug-likeness (QED) is 0.158. The van der Waals surface area contributed by atoms with Gasteiger partial charge in [-0.1, -0.05) is 60.7 Å². The number of alkyl halides is 3. The molecular weight excluding hydrogens is 642 g/mol. The summed E-state index contributed by atoms with van der Waals surface area (Å²) in [6.07, 6.45) is -4.71. The highest BCUT2D eigenvalue weighted by Gasteiger charge is 2.35. The van der Waals surface area contributed by atoms with Crippen molar-refractivity contribution >= 4 is 32.5 Å². The molecule has 0 bridgehead atoms. The van der Waals surface area contributed by atoms with E-state index < -0.39 is 62.3 Å². The number of benzene rings is 4. The van der Waals surface area contributed by atoms with E-state index >= 15 is 0 Å². The SMILES string of the molecule is Cc1ccc2ccccc2c1C(=O)N(Cc1ccc(-c2cc(F)c(CO)c(S(=O)(=O)CC(=O)O)c2)cc1)Cc1ccc(C(F)(F)F)o1. The summed E-state index contributed by atoms with van der Waals surface area (Å²) in [6.45, 7) is 0.421. The molecule has 0 saturated heterocycles. The molecule has 1 amide bonds. The molecule has 47 heavy (non-hydrogen) atoms. The predicted molar refractivity (Wildman–Crippen MR) is 163 cm³/mol. The third kappa shape index (κ3) is 7.21. The van der Waals surface area contributed by atoms with Gasteiger partial charge in [0.1, 0.15) is 11.6 Å². The van der Waals surface area contributed by atoms with Gasteiger partial charge in [-0.15, -0.1) is 0 Å². The van der Waals surface area contributed by atoms with Gasteiger partial charge >= 0.3 is 12.1 Å². The largest absolute Gasteiger partial charge is 0.480 e. The topological polar surface area (TPSA) is 125 Å². The molecule has 4 aromatic carbocycles. The minimum absolute atomic E-state index is 0.0696. The van der Waals surface area contributed by atoms with Crippen molar-refractivity contribution in [2.75, 3.05) is 5.75 Å². The summed E-state index contributed by atoms with van der Waals surface area (Å²) < 4.78 is 85.0. The lowest BCUT2D eigenvalue weighted by Gasteiger charge is -2.24. The van der Waals surface area contributed by atoms with E-state index in [4.69, 9.17) is 9.52 Å². The van der Waals surface area contributed by atoms with Gasteiger partial charge in [-0.2, -0.15) is 13.2 Å². The first-order chi connectivity index (χ1) is 22.2. The Morgan fingerprint density at radius 3 is 2.23 bits per heavy atom. The summed E-state index contributed by atoms with van der Waals surface area (Å²) in [5.74, 6) is -5.74. The number of aliphatic carboxylic acids is 1. The number of carbonyl (C=O) groups is 2. The standard InChI is InChI=1S/C34H27F4NO7S/c1-20-6-9-23-4-2-3-5-26(23)32(20)33(43)39(17-25-12-13-30(46-25)34(36,37)38)16-21-7-10-22(11-8-21)24-14-28(35)27(18-40)29(15-24)47(44,45)19-31(41)42/h2-15,40H,16-19H2,1H3,(H,41,42). The van der Waals surface area contributed by atoms with Crippen LogP contribution in [0.1, 0.15) is 38.6 Å². The lowest BCUT2D eigenvalue weighted by atomic mass is 9.98. The Morgan fingerprint density at radius 2 is 1.60 bits per heavy atom. The molecule has 0 saturated carbocycles. The summed E-state index contributed by atoms with van der Waals surface area (Å²) in [7, 11) is -4.49. The van der Waals surface area contributed by atoms with Crippen LogP contribution in [0.3, 0.4) is 0 Å². The molecule has 0 spiro atoms. The minimum Gasteiger partial charge on any atom is -0.480 e. The average molecular weight is 670 g/mol. The molecule has 13 heteroatoms. The number of fused-ring (bicyclic) bond motifs is 1. The molecule has 1 heterocycles. The van der Waals surface area contributed by atoms with E-state index in [2.05, 4.69) is 0 Å². The maximum Gasteiger partial charge on any atom is 0.449 e. The van der Waals surface area contributed by atoms with E-state index in [1.54, 1.807) is 37.3 Å². The molecule has 0 unspecified atom stereocenters. The number of nitrogens with zero attached hydrogens (tertiary/aromatic N) is 1. The second kappa shape index (κ2) is 13.0. The van der Waals surface area contributed by atoms with E-state index in [0.717, 1.165) is 29.7 Å². The van der Waals surface area contributed by atoms with Crippen LogP contribution >= 0.6 is 0 Å². The minimum atomic E-state index is -4.71. The van der Waals surface area contributed by atoms with Gasteiger partial charge in [-0.05, 0) is 64.2 Å². The molecule has 5 aromatic rings. The molecule has 0 aliphatic carbocycles. The Balaban J connectivity index is 1.51. The number of furan rings is 1. The Morgan fingerprint density at radius 1 is 0.894 bits per heavy atom. The molecule has 5 rings (SSSR count).